The number of carboxylic acids is 1. The smallest absolute Gasteiger partial charge is 0.327 e. The Labute approximate surface area is 393 Å². The summed E-state index contributed by atoms with van der Waals surface area (Å²) in [5, 5.41) is 104. The number of aromatic hydroxyl groups is 1. The summed E-state index contributed by atoms with van der Waals surface area (Å²) < 4.78 is 24.8. The fraction of sp³-hybridized carbons (Fsp3) is 0.408. The Hall–Kier alpha value is -6.33. The average Bonchev–Trinajstić information content (AvgIpc) is 3.90. The van der Waals surface area contributed by atoms with E-state index in [4.69, 9.17) is 23.5 Å². The number of aromatic amines is 1. The Kier molecular flexibility index (Phi) is 13.9. The minimum atomic E-state index is -3.42. The summed E-state index contributed by atoms with van der Waals surface area (Å²) in [6.45, 7) is 0.199. The monoisotopic (exact) mass is 957 g/mol. The van der Waals surface area contributed by atoms with Crippen LogP contribution in [0.1, 0.15) is 49.7 Å². The molecular weight excluding hydrogens is 903 g/mol. The number of benzene rings is 3. The molecule has 6 aromatic rings. The number of nitrogens with one attached hydrogen (secondary N) is 2. The fourth-order valence-electron chi connectivity index (χ4n) is 9.48. The summed E-state index contributed by atoms with van der Waals surface area (Å²) in [6.07, 6.45) is -2.27. The number of nitrogens with zero attached hydrogens (tertiary/aromatic N) is 1. The number of aliphatic hydroxyl groups is 7. The van der Waals surface area contributed by atoms with Gasteiger partial charge in [-0.05, 0) is 74.7 Å². The zero-order valence-electron chi connectivity index (χ0n) is 37.6. The molecule has 11 N–H and O–H groups in total. The van der Waals surface area contributed by atoms with E-state index in [1.165, 1.54) is 59.7 Å². The minimum Gasteiger partial charge on any atom is -0.508 e. The number of esters is 1. The highest BCUT2D eigenvalue weighted by Crippen LogP contribution is 2.41. The molecule has 69 heavy (non-hydrogen) atoms. The number of aryl methyl sites for hydroxylation is 2. The molecule has 1 saturated heterocycles. The van der Waals surface area contributed by atoms with Crippen LogP contribution in [-0.2, 0) is 19.1 Å². The molecule has 20 heteroatoms. The summed E-state index contributed by atoms with van der Waals surface area (Å²) in [5.41, 5.74) is -1.71. The quantitative estimate of drug-likeness (QED) is 0.0355. The number of H-pyrrole nitrogens is 1. The van der Waals surface area contributed by atoms with E-state index in [1.54, 1.807) is 12.3 Å². The number of aliphatic hydroxyl groups excluding tert-OH is 5. The topological polar surface area (TPSA) is 316 Å². The number of hydrogen-bond donors (Lipinski definition) is 11. The number of ether oxygens (including phenoxy) is 3. The van der Waals surface area contributed by atoms with E-state index >= 15 is 0 Å². The van der Waals surface area contributed by atoms with Crippen LogP contribution in [0, 0.1) is 19.8 Å². The number of phenols is 1. The number of carbonyl (C=O) groups is 2. The van der Waals surface area contributed by atoms with E-state index < -0.39 is 97.3 Å². The molecule has 3 aromatic heterocycles. The van der Waals surface area contributed by atoms with Gasteiger partial charge < -0.3 is 74.4 Å². The van der Waals surface area contributed by atoms with Crippen LogP contribution < -0.4 is 20.3 Å². The molecule has 0 bridgehead atoms. The predicted octanol–water partition coefficient (Wildman–Crippen LogP) is 2.34. The molecule has 8 atom stereocenters. The highest BCUT2D eigenvalue weighted by molar-refractivity contribution is 5.96. The third-order valence-electron chi connectivity index (χ3n) is 12.9. The highest BCUT2D eigenvalue weighted by Gasteiger charge is 2.65. The lowest BCUT2D eigenvalue weighted by molar-refractivity contribution is -0.384. The number of carboxylic acid groups (broad SMARTS) is 1. The van der Waals surface area contributed by atoms with Gasteiger partial charge in [-0.3, -0.25) is 19.7 Å². The van der Waals surface area contributed by atoms with Crippen LogP contribution >= 0.6 is 0 Å². The van der Waals surface area contributed by atoms with Crippen molar-refractivity contribution in [2.45, 2.75) is 100 Å². The van der Waals surface area contributed by atoms with Crippen molar-refractivity contribution < 1.29 is 79.0 Å². The fourth-order valence-corrected chi connectivity index (χ4v) is 9.48. The van der Waals surface area contributed by atoms with Crippen LogP contribution in [-0.4, -0.2) is 135 Å². The Morgan fingerprint density at radius 2 is 1.67 bits per heavy atom. The molecular formula is C49H55N3O17. The molecule has 0 amide bonds. The van der Waals surface area contributed by atoms with Gasteiger partial charge in [-0.15, -0.1) is 0 Å². The molecule has 1 aliphatic carbocycles. The number of fused-ring (bicyclic) bond motifs is 2. The second kappa shape index (κ2) is 19.6. The maximum atomic E-state index is 14.0. The minimum absolute atomic E-state index is 0.0123. The molecule has 20 nitrogen and oxygen atoms in total. The van der Waals surface area contributed by atoms with E-state index in [-0.39, 0.29) is 28.0 Å². The number of rotatable bonds is 17. The number of hydrogen-bond acceptors (Lipinski definition) is 17. The first-order valence-electron chi connectivity index (χ1n) is 22.4. The molecule has 8 unspecified atom stereocenters. The molecule has 2 fully saturated rings. The normalized spacial score (nSPS) is 23.3. The first-order valence-corrected chi connectivity index (χ1v) is 22.4. The summed E-state index contributed by atoms with van der Waals surface area (Å²) in [4.78, 5) is 50.2. The third-order valence-corrected chi connectivity index (χ3v) is 12.9. The van der Waals surface area contributed by atoms with Crippen LogP contribution in [0.2, 0.25) is 0 Å². The van der Waals surface area contributed by atoms with Crippen molar-refractivity contribution in [3.8, 4) is 33.9 Å². The number of aromatic nitrogens is 2. The number of carbonyl (C=O) groups excluding carboxylic acids is 1. The molecule has 2 aliphatic rings. The summed E-state index contributed by atoms with van der Waals surface area (Å²) in [6, 6.07) is 16.8. The van der Waals surface area contributed by atoms with E-state index in [1.807, 2.05) is 32.0 Å². The first-order chi connectivity index (χ1) is 32.9. The summed E-state index contributed by atoms with van der Waals surface area (Å²) in [5.74, 6) is -9.89. The van der Waals surface area contributed by atoms with Crippen molar-refractivity contribution >= 4 is 33.8 Å². The Balaban J connectivity index is 1.19. The van der Waals surface area contributed by atoms with Crippen LogP contribution in [0.25, 0.3) is 44.3 Å². The van der Waals surface area contributed by atoms with Gasteiger partial charge in [0.2, 0.25) is 11.9 Å². The standard InChI is InChI=1S/C49H55N3O17/c1-26-18-27(2)20-30(19-26)39-38-29(14-16-50-38)22-52(39)69-47(24-54)42(59)41(58)43(49(64,25-55)68-45(62)37(44(60)61)48(63,15-17-53)51-31-6-4-3-5-7-31)67-46(47)66-33-12-13-34-36(21-33)65-23-35(40(34)57)28-8-10-32(56)11-9-28/h8-14,16,18-23,31,37,41-43,46,50-51,53-56,58-59,63-64H,3-7,15,17,24-25H2,1-2H3,(H,60,61). The van der Waals surface area contributed by atoms with Crippen molar-refractivity contribution in [1.29, 1.82) is 0 Å². The average molecular weight is 958 g/mol. The van der Waals surface area contributed by atoms with Crippen LogP contribution in [0.15, 0.2) is 94.6 Å². The molecule has 368 valence electrons. The van der Waals surface area contributed by atoms with E-state index in [2.05, 4.69) is 10.3 Å². The van der Waals surface area contributed by atoms with Gasteiger partial charge in [0.15, 0.2) is 17.5 Å². The zero-order chi connectivity index (χ0) is 49.4. The Morgan fingerprint density at radius 3 is 2.32 bits per heavy atom. The van der Waals surface area contributed by atoms with Crippen molar-refractivity contribution in [2.75, 3.05) is 19.8 Å². The summed E-state index contributed by atoms with van der Waals surface area (Å²) >= 11 is 0. The van der Waals surface area contributed by atoms with E-state index in [9.17, 15) is 60.3 Å². The second-order valence-corrected chi connectivity index (χ2v) is 17.9. The van der Waals surface area contributed by atoms with Gasteiger partial charge in [0.05, 0.1) is 29.3 Å². The Bertz CT molecular complexity index is 2850. The molecule has 1 aliphatic heterocycles. The third kappa shape index (κ3) is 9.42. The number of aliphatic carboxylic acids is 1. The van der Waals surface area contributed by atoms with Gasteiger partial charge in [0.25, 0.3) is 5.79 Å². The molecule has 1 saturated carbocycles. The molecule has 8 rings (SSSR count). The van der Waals surface area contributed by atoms with E-state index in [0.29, 0.717) is 40.6 Å². The van der Waals surface area contributed by atoms with Crippen molar-refractivity contribution in [3.63, 3.8) is 0 Å². The number of phenolic OH excluding ortho intramolecular Hbond substituents is 1. The lowest BCUT2D eigenvalue weighted by Gasteiger charge is -2.51. The molecule has 3 aromatic carbocycles. The second-order valence-electron chi connectivity index (χ2n) is 17.9. The highest BCUT2D eigenvalue weighted by atomic mass is 16.8. The van der Waals surface area contributed by atoms with Crippen LogP contribution in [0.3, 0.4) is 0 Å². The molecule has 0 radical (unpaired) electrons. The van der Waals surface area contributed by atoms with Gasteiger partial charge in [0, 0.05) is 42.3 Å². The van der Waals surface area contributed by atoms with Crippen molar-refractivity contribution in [3.05, 3.63) is 107 Å². The van der Waals surface area contributed by atoms with Gasteiger partial charge in [-0.1, -0.05) is 48.6 Å². The summed E-state index contributed by atoms with van der Waals surface area (Å²) in [7, 11) is 0. The lowest BCUT2D eigenvalue weighted by atomic mass is 9.84. The largest absolute Gasteiger partial charge is 0.508 e. The van der Waals surface area contributed by atoms with Gasteiger partial charge in [0.1, 0.15) is 53.6 Å². The van der Waals surface area contributed by atoms with Gasteiger partial charge >= 0.3 is 11.9 Å². The van der Waals surface area contributed by atoms with Crippen molar-refractivity contribution in [2.24, 2.45) is 5.92 Å². The molecule has 4 heterocycles. The lowest BCUT2D eigenvalue weighted by Crippen LogP contribution is -2.76. The predicted molar refractivity (Wildman–Crippen MR) is 244 cm³/mol. The SMILES string of the molecule is Cc1cc(C)cc(-c2c3[nH]ccc3cn2OC2(CO)C(Oc3ccc4c(=O)c(-c5ccc(O)cc5)coc4c3)OC(C(O)(CO)OC(=O)C(C(=O)O)C(O)(CCO)NC3CCCCC3)C(O)C2O)c1. The zero-order valence-corrected chi connectivity index (χ0v) is 37.6. The van der Waals surface area contributed by atoms with E-state index in [0.717, 1.165) is 30.4 Å². The first kappa shape index (κ1) is 49.1. The maximum absolute atomic E-state index is 14.0. The van der Waals surface area contributed by atoms with Crippen molar-refractivity contribution in [1.82, 2.24) is 15.0 Å². The van der Waals surface area contributed by atoms with Gasteiger partial charge in [-0.2, -0.15) is 4.73 Å². The van der Waals surface area contributed by atoms with Crippen LogP contribution in [0.5, 0.6) is 11.5 Å². The molecule has 0 spiro atoms. The Morgan fingerprint density at radius 1 is 0.957 bits per heavy atom. The maximum Gasteiger partial charge on any atom is 0.327 e. The van der Waals surface area contributed by atoms with Gasteiger partial charge in [-0.25, -0.2) is 0 Å². The van der Waals surface area contributed by atoms with Crippen LogP contribution in [0.4, 0.5) is 0 Å².